The van der Waals surface area contributed by atoms with Crippen LogP contribution in [-0.2, 0) is 0 Å². The van der Waals surface area contributed by atoms with Crippen molar-refractivity contribution < 1.29 is 14.9 Å². The highest BCUT2D eigenvalue weighted by Gasteiger charge is 1.98. The molecule has 0 aliphatic carbocycles. The van der Waals surface area contributed by atoms with Crippen LogP contribution in [0, 0.1) is 6.20 Å². The Hall–Kier alpha value is -1.20. The van der Waals surface area contributed by atoms with E-state index in [1.807, 2.05) is 0 Å². The van der Waals surface area contributed by atoms with Gasteiger partial charge in [-0.25, -0.2) is 0 Å². The van der Waals surface area contributed by atoms with Crippen molar-refractivity contribution in [3.05, 3.63) is 18.3 Å². The number of hydrogen-bond donors (Lipinski definition) is 2. The SMILES string of the molecule is OC(O)COc1cc[c]nn1. The molecule has 0 aliphatic rings. The highest BCUT2D eigenvalue weighted by atomic mass is 16.5. The minimum Gasteiger partial charge on any atom is -0.471 e. The van der Waals surface area contributed by atoms with E-state index in [9.17, 15) is 0 Å². The van der Waals surface area contributed by atoms with E-state index >= 15 is 0 Å². The minimum atomic E-state index is -1.49. The summed E-state index contributed by atoms with van der Waals surface area (Å²) in [5.41, 5.74) is 0. The average molecular weight is 155 g/mol. The van der Waals surface area contributed by atoms with E-state index in [0.717, 1.165) is 0 Å². The highest BCUT2D eigenvalue weighted by Crippen LogP contribution is 2.00. The molecule has 1 heterocycles. The van der Waals surface area contributed by atoms with Gasteiger partial charge in [0.15, 0.2) is 6.29 Å². The van der Waals surface area contributed by atoms with Crippen molar-refractivity contribution in [1.82, 2.24) is 10.2 Å². The van der Waals surface area contributed by atoms with Crippen LogP contribution in [-0.4, -0.2) is 33.3 Å². The summed E-state index contributed by atoms with van der Waals surface area (Å²) in [6, 6.07) is 3.04. The van der Waals surface area contributed by atoms with Crippen molar-refractivity contribution in [3.63, 3.8) is 0 Å². The van der Waals surface area contributed by atoms with Crippen LogP contribution < -0.4 is 4.74 Å². The topological polar surface area (TPSA) is 75.5 Å². The summed E-state index contributed by atoms with van der Waals surface area (Å²) in [7, 11) is 0. The van der Waals surface area contributed by atoms with Crippen molar-refractivity contribution in [3.8, 4) is 5.88 Å². The molecule has 59 valence electrons. The second-order valence-electron chi connectivity index (χ2n) is 1.79. The Morgan fingerprint density at radius 3 is 3.00 bits per heavy atom. The molecule has 11 heavy (non-hydrogen) atoms. The maximum absolute atomic E-state index is 8.39. The molecule has 0 bridgehead atoms. The minimum absolute atomic E-state index is 0.210. The molecule has 1 rings (SSSR count). The van der Waals surface area contributed by atoms with Gasteiger partial charge >= 0.3 is 0 Å². The second kappa shape index (κ2) is 3.85. The Labute approximate surface area is 63.3 Å². The molecular formula is C6H7N2O3. The van der Waals surface area contributed by atoms with E-state index in [0.29, 0.717) is 0 Å². The summed E-state index contributed by atoms with van der Waals surface area (Å²) in [4.78, 5) is 0. The molecule has 2 N–H and O–H groups in total. The van der Waals surface area contributed by atoms with Gasteiger partial charge in [-0.15, -0.1) is 10.2 Å². The average Bonchev–Trinajstić information content (AvgIpc) is 2.03. The number of aliphatic hydroxyl groups is 2. The fraction of sp³-hybridized carbons (Fsp3) is 0.333. The first-order valence-corrected chi connectivity index (χ1v) is 2.98. The zero-order chi connectivity index (χ0) is 8.10. The van der Waals surface area contributed by atoms with Crippen molar-refractivity contribution in [2.24, 2.45) is 0 Å². The zero-order valence-electron chi connectivity index (χ0n) is 5.64. The Kier molecular flexibility index (Phi) is 2.76. The Morgan fingerprint density at radius 1 is 1.64 bits per heavy atom. The summed E-state index contributed by atoms with van der Waals surface area (Å²) in [5.74, 6) is 0.247. The van der Waals surface area contributed by atoms with E-state index in [2.05, 4.69) is 16.4 Å². The lowest BCUT2D eigenvalue weighted by Crippen LogP contribution is -2.16. The van der Waals surface area contributed by atoms with Gasteiger partial charge in [-0.05, 0) is 6.07 Å². The maximum Gasteiger partial charge on any atom is 0.233 e. The van der Waals surface area contributed by atoms with E-state index in [-0.39, 0.29) is 12.5 Å². The van der Waals surface area contributed by atoms with Crippen molar-refractivity contribution in [2.75, 3.05) is 6.61 Å². The third-order valence-electron chi connectivity index (χ3n) is 0.887. The number of hydrogen-bond acceptors (Lipinski definition) is 5. The molecule has 0 unspecified atom stereocenters. The lowest BCUT2D eigenvalue weighted by molar-refractivity contribution is -0.0690. The van der Waals surface area contributed by atoms with E-state index in [4.69, 9.17) is 14.9 Å². The highest BCUT2D eigenvalue weighted by molar-refractivity contribution is 5.04. The van der Waals surface area contributed by atoms with Gasteiger partial charge in [0, 0.05) is 6.07 Å². The summed E-state index contributed by atoms with van der Waals surface area (Å²) in [6.07, 6.45) is 0.969. The molecule has 5 heteroatoms. The molecule has 0 atom stereocenters. The van der Waals surface area contributed by atoms with E-state index in [1.54, 1.807) is 0 Å². The Bertz CT molecular complexity index is 202. The summed E-state index contributed by atoms with van der Waals surface area (Å²) in [6.45, 7) is -0.210. The first-order valence-electron chi connectivity index (χ1n) is 2.98. The molecule has 0 fully saturated rings. The molecule has 1 radical (unpaired) electrons. The van der Waals surface area contributed by atoms with Gasteiger partial charge in [-0.2, -0.15) is 0 Å². The Morgan fingerprint density at radius 2 is 2.45 bits per heavy atom. The lowest BCUT2D eigenvalue weighted by Gasteiger charge is -2.03. The van der Waals surface area contributed by atoms with Crippen LogP contribution in [0.15, 0.2) is 12.1 Å². The summed E-state index contributed by atoms with van der Waals surface area (Å²) >= 11 is 0. The standard InChI is InChI=1S/C6H7N2O3/c9-6(10)4-11-5-2-1-3-7-8-5/h1-2,6,9-10H,4H2. The first-order chi connectivity index (χ1) is 5.29. The van der Waals surface area contributed by atoms with Gasteiger partial charge in [0.2, 0.25) is 5.88 Å². The van der Waals surface area contributed by atoms with Crippen molar-refractivity contribution in [2.45, 2.75) is 6.29 Å². The van der Waals surface area contributed by atoms with E-state index in [1.165, 1.54) is 12.1 Å². The number of rotatable bonds is 3. The van der Waals surface area contributed by atoms with Gasteiger partial charge in [-0.3, -0.25) is 0 Å². The molecule has 0 aromatic carbocycles. The van der Waals surface area contributed by atoms with Gasteiger partial charge in [0.25, 0.3) is 0 Å². The van der Waals surface area contributed by atoms with Crippen LogP contribution in [0.1, 0.15) is 0 Å². The smallest absolute Gasteiger partial charge is 0.233 e. The largest absolute Gasteiger partial charge is 0.471 e. The molecule has 0 spiro atoms. The number of aromatic nitrogens is 2. The molecule has 0 saturated heterocycles. The van der Waals surface area contributed by atoms with Crippen LogP contribution in [0.5, 0.6) is 5.88 Å². The third-order valence-corrected chi connectivity index (χ3v) is 0.887. The maximum atomic E-state index is 8.39. The van der Waals surface area contributed by atoms with Crippen molar-refractivity contribution >= 4 is 0 Å². The van der Waals surface area contributed by atoms with Crippen LogP contribution in [0.4, 0.5) is 0 Å². The van der Waals surface area contributed by atoms with Crippen molar-refractivity contribution in [1.29, 1.82) is 0 Å². The van der Waals surface area contributed by atoms with Crippen LogP contribution in [0.3, 0.4) is 0 Å². The van der Waals surface area contributed by atoms with Crippen LogP contribution in [0.25, 0.3) is 0 Å². The molecule has 0 saturated carbocycles. The van der Waals surface area contributed by atoms with E-state index < -0.39 is 6.29 Å². The fourth-order valence-electron chi connectivity index (χ4n) is 0.490. The normalized spacial score (nSPS) is 10.1. The molecule has 0 amide bonds. The predicted molar refractivity (Wildman–Crippen MR) is 34.6 cm³/mol. The van der Waals surface area contributed by atoms with Crippen LogP contribution >= 0.6 is 0 Å². The third kappa shape index (κ3) is 2.92. The fourth-order valence-corrected chi connectivity index (χ4v) is 0.490. The number of ether oxygens (including phenoxy) is 1. The molecule has 1 aromatic heterocycles. The van der Waals surface area contributed by atoms with Gasteiger partial charge < -0.3 is 14.9 Å². The predicted octanol–water partition coefficient (Wildman–Crippen LogP) is -1.03. The van der Waals surface area contributed by atoms with Gasteiger partial charge in [-0.1, -0.05) is 0 Å². The quantitative estimate of drug-likeness (QED) is 0.545. The molecular weight excluding hydrogens is 148 g/mol. The first kappa shape index (κ1) is 7.90. The monoisotopic (exact) mass is 155 g/mol. The second-order valence-corrected chi connectivity index (χ2v) is 1.79. The molecule has 0 aliphatic heterocycles. The van der Waals surface area contributed by atoms with Crippen LogP contribution in [0.2, 0.25) is 0 Å². The molecule has 1 aromatic rings. The summed E-state index contributed by atoms with van der Waals surface area (Å²) < 4.78 is 4.77. The Balaban J connectivity index is 2.39. The summed E-state index contributed by atoms with van der Waals surface area (Å²) in [5, 5.41) is 23.7. The number of aliphatic hydroxyl groups excluding tert-OH is 1. The van der Waals surface area contributed by atoms with Gasteiger partial charge in [0.1, 0.15) is 12.8 Å². The molecule has 5 nitrogen and oxygen atoms in total. The lowest BCUT2D eigenvalue weighted by atomic mass is 10.6. The number of nitrogens with zero attached hydrogens (tertiary/aromatic N) is 2. The zero-order valence-corrected chi connectivity index (χ0v) is 5.64. The van der Waals surface area contributed by atoms with Gasteiger partial charge in [0.05, 0.1) is 0 Å².